The van der Waals surface area contributed by atoms with Gasteiger partial charge in [-0.1, -0.05) is 18.2 Å². The van der Waals surface area contributed by atoms with E-state index >= 15 is 0 Å². The number of carbonyl (C=O) groups excluding carboxylic acids is 1. The van der Waals surface area contributed by atoms with Gasteiger partial charge in [-0.3, -0.25) is 4.79 Å². The molecule has 8 heteroatoms. The molecule has 0 bridgehead atoms. The molecule has 1 fully saturated rings. The van der Waals surface area contributed by atoms with Crippen LogP contribution >= 0.6 is 11.8 Å². The minimum absolute atomic E-state index is 0.218. The summed E-state index contributed by atoms with van der Waals surface area (Å²) >= 11 is 1.58. The van der Waals surface area contributed by atoms with E-state index in [0.717, 1.165) is 42.6 Å². The SMILES string of the molecule is O=C(CCSc1ccc2nncn2n1)N1CCN(c2ccccc2)CC1. The molecule has 0 aliphatic carbocycles. The summed E-state index contributed by atoms with van der Waals surface area (Å²) in [4.78, 5) is 16.7. The Bertz CT molecular complexity index is 876. The van der Waals surface area contributed by atoms with E-state index in [9.17, 15) is 4.79 Å². The molecule has 3 heterocycles. The maximum Gasteiger partial charge on any atom is 0.223 e. The predicted octanol–water partition coefficient (Wildman–Crippen LogP) is 1.96. The normalized spacial score (nSPS) is 14.8. The van der Waals surface area contributed by atoms with Crippen molar-refractivity contribution in [2.75, 3.05) is 36.8 Å². The van der Waals surface area contributed by atoms with Gasteiger partial charge in [-0.05, 0) is 24.3 Å². The fourth-order valence-electron chi connectivity index (χ4n) is 3.04. The quantitative estimate of drug-likeness (QED) is 0.642. The van der Waals surface area contributed by atoms with E-state index in [2.05, 4.69) is 44.5 Å². The number of aromatic nitrogens is 4. The molecule has 1 aliphatic rings. The average Bonchev–Trinajstić information content (AvgIpc) is 3.16. The molecule has 26 heavy (non-hydrogen) atoms. The number of hydrogen-bond donors (Lipinski definition) is 0. The summed E-state index contributed by atoms with van der Waals surface area (Å²) < 4.78 is 1.65. The first-order valence-corrected chi connectivity index (χ1v) is 9.66. The zero-order valence-corrected chi connectivity index (χ0v) is 15.2. The van der Waals surface area contributed by atoms with Crippen molar-refractivity contribution in [3.8, 4) is 0 Å². The van der Waals surface area contributed by atoms with Gasteiger partial charge >= 0.3 is 0 Å². The highest BCUT2D eigenvalue weighted by molar-refractivity contribution is 7.99. The average molecular weight is 368 g/mol. The first-order chi connectivity index (χ1) is 12.8. The standard InChI is InChI=1S/C18H20N6OS/c25-18(8-13-26-17-7-6-16-20-19-14-24(16)21-17)23-11-9-22(10-12-23)15-4-2-1-3-5-15/h1-7,14H,8-13H2. The van der Waals surface area contributed by atoms with Gasteiger partial charge in [0.25, 0.3) is 0 Å². The first kappa shape index (κ1) is 16.8. The number of amides is 1. The van der Waals surface area contributed by atoms with Gasteiger partial charge in [-0.15, -0.1) is 22.0 Å². The number of thioether (sulfide) groups is 1. The zero-order valence-electron chi connectivity index (χ0n) is 14.4. The Morgan fingerprint density at radius 1 is 1.04 bits per heavy atom. The van der Waals surface area contributed by atoms with E-state index in [4.69, 9.17) is 0 Å². The van der Waals surface area contributed by atoms with Crippen molar-refractivity contribution in [2.45, 2.75) is 11.4 Å². The number of rotatable bonds is 5. The van der Waals surface area contributed by atoms with Crippen LogP contribution in [0.1, 0.15) is 6.42 Å². The van der Waals surface area contributed by atoms with Gasteiger partial charge in [0, 0.05) is 44.0 Å². The van der Waals surface area contributed by atoms with Crippen LogP contribution in [0.2, 0.25) is 0 Å². The summed E-state index contributed by atoms with van der Waals surface area (Å²) in [6, 6.07) is 14.2. The fraction of sp³-hybridized carbons (Fsp3) is 0.333. The van der Waals surface area contributed by atoms with Crippen LogP contribution < -0.4 is 4.90 Å². The Labute approximate surface area is 156 Å². The Balaban J connectivity index is 1.24. The van der Waals surface area contributed by atoms with Gasteiger partial charge in [0.15, 0.2) is 5.65 Å². The van der Waals surface area contributed by atoms with E-state index in [-0.39, 0.29) is 5.91 Å². The molecule has 1 amide bonds. The third-order valence-electron chi connectivity index (χ3n) is 4.46. The minimum Gasteiger partial charge on any atom is -0.368 e. The molecule has 3 aromatic rings. The molecule has 1 aromatic carbocycles. The van der Waals surface area contributed by atoms with Crippen LogP contribution in [0.25, 0.3) is 5.65 Å². The Morgan fingerprint density at radius 3 is 2.65 bits per heavy atom. The molecule has 0 radical (unpaired) electrons. The van der Waals surface area contributed by atoms with Crippen molar-refractivity contribution in [3.63, 3.8) is 0 Å². The van der Waals surface area contributed by atoms with Crippen LogP contribution in [0.3, 0.4) is 0 Å². The van der Waals surface area contributed by atoms with E-state index in [1.807, 2.05) is 23.1 Å². The van der Waals surface area contributed by atoms with E-state index in [1.165, 1.54) is 5.69 Å². The molecule has 0 saturated carbocycles. The molecule has 1 aliphatic heterocycles. The number of fused-ring (bicyclic) bond motifs is 1. The lowest BCUT2D eigenvalue weighted by molar-refractivity contribution is -0.131. The molecule has 0 atom stereocenters. The summed E-state index contributed by atoms with van der Waals surface area (Å²) in [5.41, 5.74) is 1.95. The third-order valence-corrected chi connectivity index (χ3v) is 5.38. The Kier molecular flexibility index (Phi) is 5.01. The highest BCUT2D eigenvalue weighted by Crippen LogP contribution is 2.18. The summed E-state index contributed by atoms with van der Waals surface area (Å²) in [5, 5.41) is 13.0. The van der Waals surface area contributed by atoms with Crippen LogP contribution in [-0.2, 0) is 4.79 Å². The fourth-order valence-corrected chi connectivity index (χ4v) is 3.84. The van der Waals surface area contributed by atoms with Crippen molar-refractivity contribution < 1.29 is 4.79 Å². The van der Waals surface area contributed by atoms with Crippen LogP contribution in [0, 0.1) is 0 Å². The van der Waals surface area contributed by atoms with Crippen LogP contribution in [-0.4, -0.2) is 62.6 Å². The Morgan fingerprint density at radius 2 is 1.85 bits per heavy atom. The molecule has 1 saturated heterocycles. The number of anilines is 1. The van der Waals surface area contributed by atoms with Crippen molar-refractivity contribution in [2.24, 2.45) is 0 Å². The lowest BCUT2D eigenvalue weighted by atomic mass is 10.2. The second kappa shape index (κ2) is 7.74. The van der Waals surface area contributed by atoms with Crippen molar-refractivity contribution in [3.05, 3.63) is 48.8 Å². The monoisotopic (exact) mass is 368 g/mol. The smallest absolute Gasteiger partial charge is 0.223 e. The molecule has 2 aromatic heterocycles. The number of benzene rings is 1. The van der Waals surface area contributed by atoms with Crippen LogP contribution in [0.4, 0.5) is 5.69 Å². The summed E-state index contributed by atoms with van der Waals surface area (Å²) in [6.07, 6.45) is 2.11. The summed E-state index contributed by atoms with van der Waals surface area (Å²) in [6.45, 7) is 3.33. The number of carbonyl (C=O) groups is 1. The summed E-state index contributed by atoms with van der Waals surface area (Å²) in [5.74, 6) is 0.939. The molecular weight excluding hydrogens is 348 g/mol. The lowest BCUT2D eigenvalue weighted by Crippen LogP contribution is -2.48. The van der Waals surface area contributed by atoms with E-state index in [1.54, 1.807) is 22.6 Å². The lowest BCUT2D eigenvalue weighted by Gasteiger charge is -2.36. The first-order valence-electron chi connectivity index (χ1n) is 8.67. The number of para-hydroxylation sites is 1. The molecule has 134 valence electrons. The van der Waals surface area contributed by atoms with Crippen molar-refractivity contribution >= 4 is 29.0 Å². The topological polar surface area (TPSA) is 66.6 Å². The minimum atomic E-state index is 0.218. The Hall–Kier alpha value is -2.61. The second-order valence-electron chi connectivity index (χ2n) is 6.11. The van der Waals surface area contributed by atoms with E-state index in [0.29, 0.717) is 6.42 Å². The van der Waals surface area contributed by atoms with Crippen LogP contribution in [0.15, 0.2) is 53.8 Å². The maximum atomic E-state index is 12.5. The van der Waals surface area contributed by atoms with Gasteiger partial charge in [0.05, 0.1) is 0 Å². The molecular formula is C18H20N6OS. The van der Waals surface area contributed by atoms with Crippen molar-refractivity contribution in [1.82, 2.24) is 24.7 Å². The summed E-state index contributed by atoms with van der Waals surface area (Å²) in [7, 11) is 0. The molecule has 7 nitrogen and oxygen atoms in total. The number of hydrogen-bond acceptors (Lipinski definition) is 6. The van der Waals surface area contributed by atoms with Gasteiger partial charge in [-0.2, -0.15) is 9.61 Å². The predicted molar refractivity (Wildman–Crippen MR) is 101 cm³/mol. The van der Waals surface area contributed by atoms with Crippen LogP contribution in [0.5, 0.6) is 0 Å². The maximum absolute atomic E-state index is 12.5. The highest BCUT2D eigenvalue weighted by atomic mass is 32.2. The third kappa shape index (κ3) is 3.80. The van der Waals surface area contributed by atoms with Gasteiger partial charge in [-0.25, -0.2) is 0 Å². The molecule has 0 spiro atoms. The molecule has 0 unspecified atom stereocenters. The molecule has 4 rings (SSSR count). The highest BCUT2D eigenvalue weighted by Gasteiger charge is 2.20. The van der Waals surface area contributed by atoms with Gasteiger partial charge in [0.2, 0.25) is 5.91 Å². The van der Waals surface area contributed by atoms with Crippen molar-refractivity contribution in [1.29, 1.82) is 0 Å². The number of piperazine rings is 1. The zero-order chi connectivity index (χ0) is 17.8. The van der Waals surface area contributed by atoms with Gasteiger partial charge in [0.1, 0.15) is 11.4 Å². The van der Waals surface area contributed by atoms with Gasteiger partial charge < -0.3 is 9.80 Å². The largest absolute Gasteiger partial charge is 0.368 e. The second-order valence-corrected chi connectivity index (χ2v) is 7.22. The van der Waals surface area contributed by atoms with E-state index < -0.39 is 0 Å². The number of nitrogens with zero attached hydrogens (tertiary/aromatic N) is 6. The molecule has 0 N–H and O–H groups in total.